The molecule has 1 aromatic carbocycles. The summed E-state index contributed by atoms with van der Waals surface area (Å²) < 4.78 is 0. The van der Waals surface area contributed by atoms with Crippen LogP contribution in [0.15, 0.2) is 35.7 Å². The van der Waals surface area contributed by atoms with E-state index in [9.17, 15) is 19.2 Å². The molecule has 28 heavy (non-hydrogen) atoms. The first kappa shape index (κ1) is 19.1. The Kier molecular flexibility index (Phi) is 4.85. The van der Waals surface area contributed by atoms with Crippen molar-refractivity contribution in [1.82, 2.24) is 10.2 Å². The zero-order valence-electron chi connectivity index (χ0n) is 14.7. The standard InChI is InChI=1S/C18H15N5O4S/c1-18(11-4-2-10(8-19)3-5-11)16(26)23(17(27)22-18)9-13(24)21-15-12(14(20)25)6-7-28-15/h2-7H,9H2,1H3,(H2,20,25)(H,21,24)(H,22,27)/t18-/m1/s1. The van der Waals surface area contributed by atoms with Crippen molar-refractivity contribution >= 4 is 40.1 Å². The van der Waals surface area contributed by atoms with Crippen molar-refractivity contribution < 1.29 is 19.2 Å². The van der Waals surface area contributed by atoms with Gasteiger partial charge < -0.3 is 16.4 Å². The summed E-state index contributed by atoms with van der Waals surface area (Å²) in [4.78, 5) is 49.6. The number of carbonyl (C=O) groups excluding carboxylic acids is 4. The highest BCUT2D eigenvalue weighted by Gasteiger charge is 2.49. The van der Waals surface area contributed by atoms with E-state index >= 15 is 0 Å². The summed E-state index contributed by atoms with van der Waals surface area (Å²) >= 11 is 1.10. The van der Waals surface area contributed by atoms with Crippen LogP contribution in [0.2, 0.25) is 0 Å². The lowest BCUT2D eigenvalue weighted by atomic mass is 9.91. The molecular weight excluding hydrogens is 382 g/mol. The second-order valence-electron chi connectivity index (χ2n) is 6.21. The van der Waals surface area contributed by atoms with Crippen LogP contribution in [0.4, 0.5) is 9.80 Å². The average Bonchev–Trinajstić information content (AvgIpc) is 3.21. The van der Waals surface area contributed by atoms with Crippen LogP contribution in [-0.2, 0) is 15.1 Å². The van der Waals surface area contributed by atoms with E-state index in [1.165, 1.54) is 25.1 Å². The molecule has 0 bridgehead atoms. The molecule has 1 aliphatic heterocycles. The number of nitrogens with one attached hydrogen (secondary N) is 2. The Morgan fingerprint density at radius 2 is 1.96 bits per heavy atom. The number of benzene rings is 1. The second-order valence-corrected chi connectivity index (χ2v) is 7.13. The van der Waals surface area contributed by atoms with Gasteiger partial charge in [-0.3, -0.25) is 19.3 Å². The molecule has 0 radical (unpaired) electrons. The van der Waals surface area contributed by atoms with Crippen LogP contribution in [0.25, 0.3) is 0 Å². The maximum absolute atomic E-state index is 12.8. The van der Waals surface area contributed by atoms with Gasteiger partial charge in [-0.15, -0.1) is 11.3 Å². The third-order valence-corrected chi connectivity index (χ3v) is 5.18. The molecule has 142 valence electrons. The van der Waals surface area contributed by atoms with Crippen LogP contribution in [0, 0.1) is 11.3 Å². The molecule has 0 spiro atoms. The smallest absolute Gasteiger partial charge is 0.325 e. The number of amides is 5. The molecule has 5 amide bonds. The number of anilines is 1. The Labute approximate surface area is 163 Å². The van der Waals surface area contributed by atoms with Crippen LogP contribution in [0.5, 0.6) is 0 Å². The minimum absolute atomic E-state index is 0.151. The fourth-order valence-corrected chi connectivity index (χ4v) is 3.63. The Bertz CT molecular complexity index is 1020. The highest BCUT2D eigenvalue weighted by Crippen LogP contribution is 2.29. The summed E-state index contributed by atoms with van der Waals surface area (Å²) in [6.07, 6.45) is 0. The van der Waals surface area contributed by atoms with E-state index in [1.807, 2.05) is 6.07 Å². The van der Waals surface area contributed by atoms with Gasteiger partial charge in [0.2, 0.25) is 5.91 Å². The summed E-state index contributed by atoms with van der Waals surface area (Å²) in [5.41, 5.74) is 4.93. The Morgan fingerprint density at radius 3 is 2.57 bits per heavy atom. The Balaban J connectivity index is 1.76. The van der Waals surface area contributed by atoms with Crippen molar-refractivity contribution in [2.45, 2.75) is 12.5 Å². The number of carbonyl (C=O) groups is 4. The largest absolute Gasteiger partial charge is 0.366 e. The van der Waals surface area contributed by atoms with Crippen LogP contribution >= 0.6 is 11.3 Å². The minimum atomic E-state index is -1.35. The molecule has 0 saturated carbocycles. The normalized spacial score (nSPS) is 18.5. The van der Waals surface area contributed by atoms with Gasteiger partial charge in [0.1, 0.15) is 17.1 Å². The van der Waals surface area contributed by atoms with Gasteiger partial charge in [-0.1, -0.05) is 12.1 Å². The Morgan fingerprint density at radius 1 is 1.29 bits per heavy atom. The molecule has 4 N–H and O–H groups in total. The fraction of sp³-hybridized carbons (Fsp3) is 0.167. The number of imide groups is 1. The number of nitriles is 1. The molecule has 1 aromatic heterocycles. The molecule has 3 rings (SSSR count). The van der Waals surface area contributed by atoms with Gasteiger partial charge in [0.05, 0.1) is 17.2 Å². The van der Waals surface area contributed by atoms with Crippen LogP contribution in [0.3, 0.4) is 0 Å². The number of nitrogens with zero attached hydrogens (tertiary/aromatic N) is 2. The van der Waals surface area contributed by atoms with Gasteiger partial charge in [0.25, 0.3) is 11.8 Å². The number of urea groups is 1. The Hall–Kier alpha value is -3.71. The molecule has 10 heteroatoms. The number of hydrogen-bond donors (Lipinski definition) is 3. The van der Waals surface area contributed by atoms with Gasteiger partial charge >= 0.3 is 6.03 Å². The highest BCUT2D eigenvalue weighted by molar-refractivity contribution is 7.14. The van der Waals surface area contributed by atoms with Crippen molar-refractivity contribution in [3.05, 3.63) is 52.4 Å². The topological polar surface area (TPSA) is 145 Å². The van der Waals surface area contributed by atoms with Crippen LogP contribution in [-0.4, -0.2) is 35.2 Å². The average molecular weight is 397 g/mol. The molecule has 9 nitrogen and oxygen atoms in total. The van der Waals surface area contributed by atoms with E-state index < -0.39 is 35.8 Å². The predicted molar refractivity (Wildman–Crippen MR) is 100 cm³/mol. The molecule has 1 fully saturated rings. The zero-order chi connectivity index (χ0) is 20.5. The van der Waals surface area contributed by atoms with Gasteiger partial charge in [0, 0.05) is 0 Å². The molecule has 1 atom stereocenters. The molecular formula is C18H15N5O4S. The van der Waals surface area contributed by atoms with Gasteiger partial charge in [0.15, 0.2) is 0 Å². The van der Waals surface area contributed by atoms with Crippen molar-refractivity contribution in [1.29, 1.82) is 5.26 Å². The summed E-state index contributed by atoms with van der Waals surface area (Å²) in [5.74, 6) is -1.93. The lowest BCUT2D eigenvalue weighted by Crippen LogP contribution is -2.42. The summed E-state index contributed by atoms with van der Waals surface area (Å²) in [7, 11) is 0. The van der Waals surface area contributed by atoms with Crippen molar-refractivity contribution in [2.75, 3.05) is 11.9 Å². The monoisotopic (exact) mass is 397 g/mol. The van der Waals surface area contributed by atoms with E-state index in [0.717, 1.165) is 16.2 Å². The number of thiophene rings is 1. The molecule has 0 aliphatic carbocycles. The maximum Gasteiger partial charge on any atom is 0.325 e. The quantitative estimate of drug-likeness (QED) is 0.647. The van der Waals surface area contributed by atoms with E-state index in [4.69, 9.17) is 11.0 Å². The first-order valence-corrected chi connectivity index (χ1v) is 8.96. The summed E-state index contributed by atoms with van der Waals surface area (Å²) in [6.45, 7) is 1.00. The number of rotatable bonds is 5. The van der Waals surface area contributed by atoms with E-state index in [0.29, 0.717) is 11.1 Å². The third-order valence-electron chi connectivity index (χ3n) is 4.35. The molecule has 2 aromatic rings. The van der Waals surface area contributed by atoms with Crippen molar-refractivity contribution in [2.24, 2.45) is 5.73 Å². The third kappa shape index (κ3) is 3.30. The van der Waals surface area contributed by atoms with Crippen LogP contribution in [0.1, 0.15) is 28.4 Å². The highest BCUT2D eigenvalue weighted by atomic mass is 32.1. The van der Waals surface area contributed by atoms with E-state index in [2.05, 4.69) is 10.6 Å². The van der Waals surface area contributed by atoms with Gasteiger partial charge in [-0.05, 0) is 36.1 Å². The number of hydrogen-bond acceptors (Lipinski definition) is 6. The zero-order valence-corrected chi connectivity index (χ0v) is 15.5. The lowest BCUT2D eigenvalue weighted by molar-refractivity contribution is -0.133. The second kappa shape index (κ2) is 7.13. The summed E-state index contributed by atoms with van der Waals surface area (Å²) in [6, 6.07) is 8.96. The minimum Gasteiger partial charge on any atom is -0.366 e. The van der Waals surface area contributed by atoms with E-state index in [1.54, 1.807) is 17.5 Å². The SMILES string of the molecule is C[C@]1(c2ccc(C#N)cc2)NC(=O)N(CC(=O)Nc2sccc2C(N)=O)C1=O. The van der Waals surface area contributed by atoms with Crippen molar-refractivity contribution in [3.63, 3.8) is 0 Å². The number of primary amides is 1. The first-order valence-electron chi connectivity index (χ1n) is 8.08. The molecule has 0 unspecified atom stereocenters. The first-order chi connectivity index (χ1) is 13.3. The van der Waals surface area contributed by atoms with Gasteiger partial charge in [-0.25, -0.2) is 4.79 Å². The maximum atomic E-state index is 12.8. The lowest BCUT2D eigenvalue weighted by Gasteiger charge is -2.22. The van der Waals surface area contributed by atoms with Crippen molar-refractivity contribution in [3.8, 4) is 6.07 Å². The molecule has 1 saturated heterocycles. The molecule has 1 aliphatic rings. The van der Waals surface area contributed by atoms with E-state index in [-0.39, 0.29) is 10.6 Å². The summed E-state index contributed by atoms with van der Waals surface area (Å²) in [5, 5.41) is 15.8. The number of nitrogens with two attached hydrogens (primary N) is 1. The van der Waals surface area contributed by atoms with Crippen LogP contribution < -0.4 is 16.4 Å². The fourth-order valence-electron chi connectivity index (χ4n) is 2.82. The predicted octanol–water partition coefficient (Wildman–Crippen LogP) is 1.12. The van der Waals surface area contributed by atoms with Gasteiger partial charge in [-0.2, -0.15) is 5.26 Å². The molecule has 2 heterocycles.